The Labute approximate surface area is 103 Å². The number of hydrogen-bond acceptors (Lipinski definition) is 3. The first kappa shape index (κ1) is 13.7. The minimum Gasteiger partial charge on any atom is -0.313 e. The molecule has 0 saturated heterocycles. The summed E-state index contributed by atoms with van der Waals surface area (Å²) in [6.07, 6.45) is 2.26. The van der Waals surface area contributed by atoms with Gasteiger partial charge in [-0.3, -0.25) is 0 Å². The molecule has 0 saturated carbocycles. The molecule has 2 nitrogen and oxygen atoms in total. The fourth-order valence-corrected chi connectivity index (χ4v) is 2.68. The SMILES string of the molecule is CCCNC(Cc1nc(C)c(C)s1)C(C)C. The molecule has 92 valence electrons. The third kappa shape index (κ3) is 3.87. The zero-order valence-electron chi connectivity index (χ0n) is 11.1. The van der Waals surface area contributed by atoms with Gasteiger partial charge in [-0.05, 0) is 32.7 Å². The topological polar surface area (TPSA) is 24.9 Å². The minimum absolute atomic E-state index is 0.560. The molecule has 1 aromatic rings. The molecule has 3 heteroatoms. The predicted octanol–water partition coefficient (Wildman–Crippen LogP) is 3.33. The molecular formula is C13H24N2S. The quantitative estimate of drug-likeness (QED) is 0.825. The molecule has 0 aliphatic heterocycles. The van der Waals surface area contributed by atoms with Crippen LogP contribution in [-0.4, -0.2) is 17.6 Å². The van der Waals surface area contributed by atoms with Crippen LogP contribution in [0.25, 0.3) is 0 Å². The number of nitrogens with one attached hydrogen (secondary N) is 1. The summed E-state index contributed by atoms with van der Waals surface area (Å²) in [6, 6.07) is 0.560. The van der Waals surface area contributed by atoms with E-state index in [2.05, 4.69) is 44.9 Å². The molecule has 0 spiro atoms. The highest BCUT2D eigenvalue weighted by Crippen LogP contribution is 2.19. The molecule has 0 aliphatic carbocycles. The molecule has 16 heavy (non-hydrogen) atoms. The van der Waals surface area contributed by atoms with Gasteiger partial charge in [-0.1, -0.05) is 20.8 Å². The van der Waals surface area contributed by atoms with Crippen molar-refractivity contribution in [2.45, 2.75) is 53.5 Å². The van der Waals surface area contributed by atoms with Gasteiger partial charge < -0.3 is 5.32 Å². The molecule has 0 radical (unpaired) electrons. The fraction of sp³-hybridized carbons (Fsp3) is 0.769. The van der Waals surface area contributed by atoms with Gasteiger partial charge in [0.15, 0.2) is 0 Å². The molecular weight excluding hydrogens is 216 g/mol. The van der Waals surface area contributed by atoms with Gasteiger partial charge in [0.2, 0.25) is 0 Å². The Bertz CT molecular complexity index is 298. The number of aryl methyl sites for hydroxylation is 2. The summed E-state index contributed by atoms with van der Waals surface area (Å²) in [6.45, 7) is 12.1. The Morgan fingerprint density at radius 3 is 2.44 bits per heavy atom. The Morgan fingerprint density at radius 2 is 2.00 bits per heavy atom. The summed E-state index contributed by atoms with van der Waals surface area (Å²) < 4.78 is 0. The molecule has 0 fully saturated rings. The summed E-state index contributed by atoms with van der Waals surface area (Å²) in [5.41, 5.74) is 1.19. The summed E-state index contributed by atoms with van der Waals surface area (Å²) in [5.74, 6) is 0.663. The first-order chi connectivity index (χ1) is 7.54. The van der Waals surface area contributed by atoms with E-state index < -0.39 is 0 Å². The maximum Gasteiger partial charge on any atom is 0.0946 e. The maximum atomic E-state index is 4.62. The maximum absolute atomic E-state index is 4.62. The smallest absolute Gasteiger partial charge is 0.0946 e. The zero-order chi connectivity index (χ0) is 12.1. The second-order valence-electron chi connectivity index (χ2n) is 4.76. The van der Waals surface area contributed by atoms with Crippen LogP contribution >= 0.6 is 11.3 Å². The normalized spacial score (nSPS) is 13.4. The van der Waals surface area contributed by atoms with Crippen molar-refractivity contribution in [2.75, 3.05) is 6.54 Å². The molecule has 1 heterocycles. The second kappa shape index (κ2) is 6.36. The van der Waals surface area contributed by atoms with E-state index in [1.807, 2.05) is 11.3 Å². The van der Waals surface area contributed by atoms with Crippen molar-refractivity contribution in [3.05, 3.63) is 15.6 Å². The fourth-order valence-electron chi connectivity index (χ4n) is 1.69. The monoisotopic (exact) mass is 240 g/mol. The highest BCUT2D eigenvalue weighted by molar-refractivity contribution is 7.11. The first-order valence-corrected chi connectivity index (χ1v) is 7.02. The van der Waals surface area contributed by atoms with Crippen LogP contribution in [0.4, 0.5) is 0 Å². The van der Waals surface area contributed by atoms with Crippen molar-refractivity contribution >= 4 is 11.3 Å². The standard InChI is InChI=1S/C13H24N2S/c1-6-7-14-12(9(2)3)8-13-15-10(4)11(5)16-13/h9,12,14H,6-8H2,1-5H3. The number of rotatable bonds is 6. The van der Waals surface area contributed by atoms with Crippen LogP contribution in [0.1, 0.15) is 42.8 Å². The Morgan fingerprint density at radius 1 is 1.31 bits per heavy atom. The lowest BCUT2D eigenvalue weighted by Crippen LogP contribution is -2.36. The highest BCUT2D eigenvalue weighted by Gasteiger charge is 2.15. The average molecular weight is 240 g/mol. The van der Waals surface area contributed by atoms with Crippen LogP contribution in [0.3, 0.4) is 0 Å². The van der Waals surface area contributed by atoms with Crippen LogP contribution in [0, 0.1) is 19.8 Å². The summed E-state index contributed by atoms with van der Waals surface area (Å²) in [7, 11) is 0. The Kier molecular flexibility index (Phi) is 5.42. The Balaban J connectivity index is 2.60. The van der Waals surface area contributed by atoms with Gasteiger partial charge in [-0.2, -0.15) is 0 Å². The van der Waals surface area contributed by atoms with Crippen LogP contribution < -0.4 is 5.32 Å². The van der Waals surface area contributed by atoms with Crippen molar-refractivity contribution < 1.29 is 0 Å². The molecule has 1 N–H and O–H groups in total. The number of nitrogens with zero attached hydrogens (tertiary/aromatic N) is 1. The average Bonchev–Trinajstić information content (AvgIpc) is 2.52. The van der Waals surface area contributed by atoms with E-state index in [0.29, 0.717) is 12.0 Å². The lowest BCUT2D eigenvalue weighted by atomic mass is 10.0. The first-order valence-electron chi connectivity index (χ1n) is 6.20. The molecule has 1 atom stereocenters. The molecule has 0 bridgehead atoms. The number of thiazole rings is 1. The van der Waals surface area contributed by atoms with Crippen molar-refractivity contribution in [1.82, 2.24) is 10.3 Å². The van der Waals surface area contributed by atoms with Crippen LogP contribution in [0.15, 0.2) is 0 Å². The minimum atomic E-state index is 0.560. The van der Waals surface area contributed by atoms with Gasteiger partial charge >= 0.3 is 0 Å². The van der Waals surface area contributed by atoms with E-state index in [4.69, 9.17) is 0 Å². The third-order valence-electron chi connectivity index (χ3n) is 2.93. The van der Waals surface area contributed by atoms with Crippen molar-refractivity contribution in [1.29, 1.82) is 0 Å². The summed E-state index contributed by atoms with van der Waals surface area (Å²) in [4.78, 5) is 5.97. The van der Waals surface area contributed by atoms with Crippen molar-refractivity contribution in [3.63, 3.8) is 0 Å². The van der Waals surface area contributed by atoms with Crippen LogP contribution in [-0.2, 0) is 6.42 Å². The van der Waals surface area contributed by atoms with E-state index in [-0.39, 0.29) is 0 Å². The predicted molar refractivity (Wildman–Crippen MR) is 72.2 cm³/mol. The highest BCUT2D eigenvalue weighted by atomic mass is 32.1. The van der Waals surface area contributed by atoms with Gasteiger partial charge in [-0.15, -0.1) is 11.3 Å². The summed E-state index contributed by atoms with van der Waals surface area (Å²) in [5, 5.41) is 4.89. The molecule has 1 aromatic heterocycles. The van der Waals surface area contributed by atoms with E-state index in [0.717, 1.165) is 13.0 Å². The van der Waals surface area contributed by atoms with Gasteiger partial charge in [0.25, 0.3) is 0 Å². The number of hydrogen-bond donors (Lipinski definition) is 1. The molecule has 0 aromatic carbocycles. The van der Waals surface area contributed by atoms with E-state index in [1.54, 1.807) is 0 Å². The molecule has 0 amide bonds. The lowest BCUT2D eigenvalue weighted by molar-refractivity contribution is 0.397. The van der Waals surface area contributed by atoms with Crippen molar-refractivity contribution in [3.8, 4) is 0 Å². The van der Waals surface area contributed by atoms with Gasteiger partial charge in [-0.25, -0.2) is 4.98 Å². The van der Waals surface area contributed by atoms with Crippen LogP contribution in [0.2, 0.25) is 0 Å². The van der Waals surface area contributed by atoms with Crippen molar-refractivity contribution in [2.24, 2.45) is 5.92 Å². The molecule has 1 rings (SSSR count). The lowest BCUT2D eigenvalue weighted by Gasteiger charge is -2.21. The second-order valence-corrected chi connectivity index (χ2v) is 6.05. The number of aromatic nitrogens is 1. The van der Waals surface area contributed by atoms with E-state index >= 15 is 0 Å². The van der Waals surface area contributed by atoms with E-state index in [9.17, 15) is 0 Å². The molecule has 0 aliphatic rings. The zero-order valence-corrected chi connectivity index (χ0v) is 11.9. The van der Waals surface area contributed by atoms with Gasteiger partial charge in [0.1, 0.15) is 0 Å². The largest absolute Gasteiger partial charge is 0.313 e. The Hall–Kier alpha value is -0.410. The van der Waals surface area contributed by atoms with Gasteiger partial charge in [0, 0.05) is 17.3 Å². The van der Waals surface area contributed by atoms with Crippen LogP contribution in [0.5, 0.6) is 0 Å². The molecule has 1 unspecified atom stereocenters. The summed E-state index contributed by atoms with van der Waals surface area (Å²) >= 11 is 1.84. The van der Waals surface area contributed by atoms with Gasteiger partial charge in [0.05, 0.1) is 10.7 Å². The third-order valence-corrected chi connectivity index (χ3v) is 4.02. The van der Waals surface area contributed by atoms with E-state index in [1.165, 1.54) is 22.0 Å².